The van der Waals surface area contributed by atoms with Crippen molar-refractivity contribution >= 4 is 35.1 Å². The maximum Gasteiger partial charge on any atom is 0.340 e. The van der Waals surface area contributed by atoms with Gasteiger partial charge >= 0.3 is 5.97 Å². The molecular formula is C25H23N3O5. The van der Waals surface area contributed by atoms with E-state index in [0.29, 0.717) is 16.8 Å². The molecule has 0 spiro atoms. The molecule has 0 unspecified atom stereocenters. The maximum absolute atomic E-state index is 12.5. The highest BCUT2D eigenvalue weighted by atomic mass is 16.5. The number of esters is 1. The third-order valence-electron chi connectivity index (χ3n) is 4.67. The molecule has 0 saturated carbocycles. The first-order chi connectivity index (χ1) is 15.9. The fourth-order valence-corrected chi connectivity index (χ4v) is 3.01. The number of carbonyl (C=O) groups excluding carboxylic acids is 4. The van der Waals surface area contributed by atoms with Crippen molar-refractivity contribution in [3.63, 3.8) is 0 Å². The molecule has 8 nitrogen and oxygen atoms in total. The lowest BCUT2D eigenvalue weighted by Crippen LogP contribution is -2.22. The summed E-state index contributed by atoms with van der Waals surface area (Å²) in [5.41, 5.74) is 2.70. The van der Waals surface area contributed by atoms with Gasteiger partial charge in [0.25, 0.3) is 17.7 Å². The Labute approximate surface area is 191 Å². The average Bonchev–Trinajstić information content (AvgIpc) is 2.83. The molecule has 0 aliphatic carbocycles. The predicted molar refractivity (Wildman–Crippen MR) is 124 cm³/mol. The summed E-state index contributed by atoms with van der Waals surface area (Å²) in [4.78, 5) is 48.8. The molecule has 0 radical (unpaired) electrons. The molecule has 3 N–H and O–H groups in total. The van der Waals surface area contributed by atoms with E-state index >= 15 is 0 Å². The number of hydrogen-bond donors (Lipinski definition) is 3. The summed E-state index contributed by atoms with van der Waals surface area (Å²) in [6.45, 7) is 1.36. The summed E-state index contributed by atoms with van der Waals surface area (Å²) >= 11 is 0. The second-order valence-corrected chi connectivity index (χ2v) is 7.15. The first-order valence-corrected chi connectivity index (χ1v) is 10.1. The molecule has 0 heterocycles. The normalized spacial score (nSPS) is 10.1. The molecule has 0 bridgehead atoms. The highest BCUT2D eigenvalue weighted by Crippen LogP contribution is 2.18. The molecule has 33 heavy (non-hydrogen) atoms. The zero-order valence-electron chi connectivity index (χ0n) is 18.2. The van der Waals surface area contributed by atoms with Crippen LogP contribution in [0.2, 0.25) is 0 Å². The minimum absolute atomic E-state index is 0.126. The van der Waals surface area contributed by atoms with Crippen molar-refractivity contribution in [1.29, 1.82) is 0 Å². The highest BCUT2D eigenvalue weighted by molar-refractivity contribution is 6.08. The second-order valence-electron chi connectivity index (χ2n) is 7.15. The largest absolute Gasteiger partial charge is 0.452 e. The summed E-state index contributed by atoms with van der Waals surface area (Å²) in [7, 11) is 1.53. The summed E-state index contributed by atoms with van der Waals surface area (Å²) in [5, 5.41) is 7.81. The van der Waals surface area contributed by atoms with Crippen molar-refractivity contribution in [2.45, 2.75) is 6.92 Å². The Balaban J connectivity index is 1.60. The van der Waals surface area contributed by atoms with Crippen molar-refractivity contribution in [2.24, 2.45) is 0 Å². The maximum atomic E-state index is 12.5. The lowest BCUT2D eigenvalue weighted by Gasteiger charge is -2.11. The summed E-state index contributed by atoms with van der Waals surface area (Å²) in [5.74, 6) is -1.90. The van der Waals surface area contributed by atoms with Crippen molar-refractivity contribution in [2.75, 3.05) is 24.3 Å². The van der Waals surface area contributed by atoms with E-state index in [-0.39, 0.29) is 23.1 Å². The van der Waals surface area contributed by atoms with Gasteiger partial charge < -0.3 is 20.7 Å². The van der Waals surface area contributed by atoms with E-state index < -0.39 is 18.5 Å². The Morgan fingerprint density at radius 2 is 1.52 bits per heavy atom. The minimum atomic E-state index is -0.750. The van der Waals surface area contributed by atoms with Gasteiger partial charge in [-0.15, -0.1) is 0 Å². The summed E-state index contributed by atoms with van der Waals surface area (Å²) < 4.78 is 5.12. The van der Waals surface area contributed by atoms with E-state index in [1.807, 2.05) is 13.0 Å². The van der Waals surface area contributed by atoms with Crippen LogP contribution in [0.25, 0.3) is 0 Å². The number of carbonyl (C=O) groups is 4. The zero-order valence-corrected chi connectivity index (χ0v) is 18.2. The van der Waals surface area contributed by atoms with Crippen LogP contribution in [0.4, 0.5) is 11.4 Å². The van der Waals surface area contributed by atoms with E-state index in [1.54, 1.807) is 60.7 Å². The molecule has 3 rings (SSSR count). The van der Waals surface area contributed by atoms with Crippen LogP contribution in [-0.2, 0) is 9.53 Å². The van der Waals surface area contributed by atoms with E-state index in [0.717, 1.165) is 5.56 Å². The average molecular weight is 445 g/mol. The van der Waals surface area contributed by atoms with Gasteiger partial charge in [0.05, 0.1) is 11.3 Å². The summed E-state index contributed by atoms with van der Waals surface area (Å²) in [6, 6.07) is 19.7. The van der Waals surface area contributed by atoms with Gasteiger partial charge in [0.1, 0.15) is 0 Å². The number of nitrogens with one attached hydrogen (secondary N) is 3. The molecule has 3 aromatic rings. The third kappa shape index (κ3) is 6.27. The SMILES string of the molecule is CNC(=O)c1ccc(NC(=O)COC(=O)c2ccccc2NC(=O)c2cccc(C)c2)cc1. The fraction of sp³-hybridized carbons (Fsp3) is 0.120. The summed E-state index contributed by atoms with van der Waals surface area (Å²) in [6.07, 6.45) is 0. The third-order valence-corrected chi connectivity index (χ3v) is 4.67. The van der Waals surface area contributed by atoms with Gasteiger partial charge in [0.15, 0.2) is 6.61 Å². The standard InChI is InChI=1S/C25H23N3O5/c1-16-6-5-7-18(14-16)24(31)28-21-9-4-3-8-20(21)25(32)33-15-22(29)27-19-12-10-17(11-13-19)23(30)26-2/h3-14H,15H2,1-2H3,(H,26,30)(H,27,29)(H,28,31). The lowest BCUT2D eigenvalue weighted by molar-refractivity contribution is -0.119. The first-order valence-electron chi connectivity index (χ1n) is 10.1. The lowest BCUT2D eigenvalue weighted by atomic mass is 10.1. The minimum Gasteiger partial charge on any atom is -0.452 e. The van der Waals surface area contributed by atoms with Gasteiger partial charge in [-0.25, -0.2) is 4.79 Å². The number of aryl methyl sites for hydroxylation is 1. The van der Waals surface area contributed by atoms with Gasteiger partial charge in [0.2, 0.25) is 0 Å². The van der Waals surface area contributed by atoms with E-state index in [1.165, 1.54) is 13.1 Å². The predicted octanol–water partition coefficient (Wildman–Crippen LogP) is 3.40. The van der Waals surface area contributed by atoms with Crippen LogP contribution in [0.1, 0.15) is 36.6 Å². The zero-order chi connectivity index (χ0) is 23.8. The Kier molecular flexibility index (Phi) is 7.54. The molecule has 0 aliphatic heterocycles. The Bertz CT molecular complexity index is 1190. The molecule has 0 atom stereocenters. The fourth-order valence-electron chi connectivity index (χ4n) is 3.01. The molecule has 0 saturated heterocycles. The monoisotopic (exact) mass is 445 g/mol. The van der Waals surface area contributed by atoms with Crippen molar-refractivity contribution in [3.8, 4) is 0 Å². The van der Waals surface area contributed by atoms with E-state index in [2.05, 4.69) is 16.0 Å². The van der Waals surface area contributed by atoms with Crippen LogP contribution in [-0.4, -0.2) is 37.3 Å². The van der Waals surface area contributed by atoms with Gasteiger partial charge in [-0.1, -0.05) is 29.8 Å². The van der Waals surface area contributed by atoms with E-state index in [4.69, 9.17) is 4.74 Å². The molecule has 3 aromatic carbocycles. The smallest absolute Gasteiger partial charge is 0.340 e. The number of ether oxygens (including phenoxy) is 1. The Morgan fingerprint density at radius 1 is 0.788 bits per heavy atom. The molecule has 8 heteroatoms. The number of rotatable bonds is 7. The first kappa shape index (κ1) is 23.2. The topological polar surface area (TPSA) is 114 Å². The van der Waals surface area contributed by atoms with Crippen LogP contribution in [0.15, 0.2) is 72.8 Å². The van der Waals surface area contributed by atoms with Gasteiger partial charge in [-0.05, 0) is 55.5 Å². The molecule has 0 aliphatic rings. The van der Waals surface area contributed by atoms with Crippen molar-refractivity contribution < 1.29 is 23.9 Å². The number of anilines is 2. The van der Waals surface area contributed by atoms with Crippen molar-refractivity contribution in [1.82, 2.24) is 5.32 Å². The highest BCUT2D eigenvalue weighted by Gasteiger charge is 2.17. The quantitative estimate of drug-likeness (QED) is 0.483. The Hall–Kier alpha value is -4.46. The van der Waals surface area contributed by atoms with Gasteiger partial charge in [-0.2, -0.15) is 0 Å². The van der Waals surface area contributed by atoms with Gasteiger partial charge in [-0.3, -0.25) is 14.4 Å². The second kappa shape index (κ2) is 10.7. The molecule has 3 amide bonds. The van der Waals surface area contributed by atoms with Gasteiger partial charge in [0, 0.05) is 23.9 Å². The Morgan fingerprint density at radius 3 is 2.21 bits per heavy atom. The van der Waals surface area contributed by atoms with E-state index in [9.17, 15) is 19.2 Å². The molecular weight excluding hydrogens is 422 g/mol. The number of para-hydroxylation sites is 1. The van der Waals surface area contributed by atoms with Crippen LogP contribution in [0.5, 0.6) is 0 Å². The van der Waals surface area contributed by atoms with Crippen LogP contribution >= 0.6 is 0 Å². The van der Waals surface area contributed by atoms with Crippen LogP contribution < -0.4 is 16.0 Å². The molecule has 0 aromatic heterocycles. The number of benzene rings is 3. The number of amides is 3. The molecule has 0 fully saturated rings. The van der Waals surface area contributed by atoms with Crippen molar-refractivity contribution in [3.05, 3.63) is 95.1 Å². The van der Waals surface area contributed by atoms with Crippen LogP contribution in [0.3, 0.4) is 0 Å². The molecule has 168 valence electrons. The van der Waals surface area contributed by atoms with Crippen LogP contribution in [0, 0.1) is 6.92 Å². The number of hydrogen-bond acceptors (Lipinski definition) is 5.